The molecule has 82 valence electrons. The Morgan fingerprint density at radius 3 is 2.44 bits per heavy atom. The van der Waals surface area contributed by atoms with E-state index in [1.54, 1.807) is 18.2 Å². The van der Waals surface area contributed by atoms with Crippen LogP contribution in [0, 0.1) is 5.82 Å². The number of benzene rings is 2. The molecule has 16 heavy (non-hydrogen) atoms. The van der Waals surface area contributed by atoms with Gasteiger partial charge in [-0.25, -0.2) is 4.39 Å². The van der Waals surface area contributed by atoms with Gasteiger partial charge >= 0.3 is 0 Å². The highest BCUT2D eigenvalue weighted by atomic mass is 79.9. The molecule has 0 fully saturated rings. The number of halogens is 3. The molecule has 0 aliphatic carbocycles. The molecule has 4 heteroatoms. The Kier molecular flexibility index (Phi) is 3.17. The van der Waals surface area contributed by atoms with Crippen LogP contribution in [0.1, 0.15) is 0 Å². The SMILES string of the molecule is Oc1cc(Br)cc(-c2ccc(F)c(Cl)c2)c1. The number of hydrogen-bond acceptors (Lipinski definition) is 1. The summed E-state index contributed by atoms with van der Waals surface area (Å²) in [4.78, 5) is 0. The Labute approximate surface area is 106 Å². The first-order valence-electron chi connectivity index (χ1n) is 4.51. The van der Waals surface area contributed by atoms with Gasteiger partial charge in [0, 0.05) is 4.47 Å². The number of rotatable bonds is 1. The molecule has 0 heterocycles. The third kappa shape index (κ3) is 2.36. The minimum Gasteiger partial charge on any atom is -0.508 e. The summed E-state index contributed by atoms with van der Waals surface area (Å²) in [6.07, 6.45) is 0. The first kappa shape index (κ1) is 11.4. The van der Waals surface area contributed by atoms with Gasteiger partial charge in [-0.15, -0.1) is 0 Å². The van der Waals surface area contributed by atoms with E-state index in [-0.39, 0.29) is 10.8 Å². The van der Waals surface area contributed by atoms with E-state index < -0.39 is 5.82 Å². The van der Waals surface area contributed by atoms with Crippen molar-refractivity contribution in [1.29, 1.82) is 0 Å². The number of phenolic OH excluding ortho intramolecular Hbond substituents is 1. The lowest BCUT2D eigenvalue weighted by Crippen LogP contribution is -1.81. The summed E-state index contributed by atoms with van der Waals surface area (Å²) in [6, 6.07) is 9.43. The molecule has 0 aliphatic rings. The molecule has 1 N–H and O–H groups in total. The summed E-state index contributed by atoms with van der Waals surface area (Å²) in [5.41, 5.74) is 1.52. The second-order valence-electron chi connectivity index (χ2n) is 3.33. The first-order chi connectivity index (χ1) is 7.56. The van der Waals surface area contributed by atoms with Crippen molar-refractivity contribution in [3.63, 3.8) is 0 Å². The molecule has 0 aromatic heterocycles. The molecule has 0 unspecified atom stereocenters. The Morgan fingerprint density at radius 2 is 1.81 bits per heavy atom. The largest absolute Gasteiger partial charge is 0.508 e. The monoisotopic (exact) mass is 300 g/mol. The fourth-order valence-corrected chi connectivity index (χ4v) is 2.08. The van der Waals surface area contributed by atoms with Crippen LogP contribution in [0.15, 0.2) is 40.9 Å². The lowest BCUT2D eigenvalue weighted by atomic mass is 10.1. The first-order valence-corrected chi connectivity index (χ1v) is 5.68. The van der Waals surface area contributed by atoms with Crippen molar-refractivity contribution in [2.45, 2.75) is 0 Å². The Balaban J connectivity index is 2.54. The van der Waals surface area contributed by atoms with Gasteiger partial charge in [-0.05, 0) is 41.5 Å². The van der Waals surface area contributed by atoms with Gasteiger partial charge < -0.3 is 5.11 Å². The van der Waals surface area contributed by atoms with E-state index in [2.05, 4.69) is 15.9 Å². The third-order valence-corrected chi connectivity index (χ3v) is 2.88. The van der Waals surface area contributed by atoms with E-state index in [9.17, 15) is 9.50 Å². The van der Waals surface area contributed by atoms with E-state index in [1.807, 2.05) is 6.07 Å². The Morgan fingerprint density at radius 1 is 1.06 bits per heavy atom. The summed E-state index contributed by atoms with van der Waals surface area (Å²) >= 11 is 8.97. The molecule has 0 atom stereocenters. The van der Waals surface area contributed by atoms with Crippen LogP contribution in [0.2, 0.25) is 5.02 Å². The maximum absolute atomic E-state index is 13.0. The third-order valence-electron chi connectivity index (χ3n) is 2.14. The highest BCUT2D eigenvalue weighted by Crippen LogP contribution is 2.30. The molecule has 2 aromatic rings. The van der Waals surface area contributed by atoms with Crippen LogP contribution in [0.3, 0.4) is 0 Å². The van der Waals surface area contributed by atoms with Gasteiger partial charge in [0.1, 0.15) is 11.6 Å². The van der Waals surface area contributed by atoms with E-state index in [0.717, 1.165) is 15.6 Å². The van der Waals surface area contributed by atoms with E-state index >= 15 is 0 Å². The van der Waals surface area contributed by atoms with Gasteiger partial charge in [-0.3, -0.25) is 0 Å². The molecule has 0 saturated carbocycles. The van der Waals surface area contributed by atoms with Crippen LogP contribution in [0.25, 0.3) is 11.1 Å². The van der Waals surface area contributed by atoms with E-state index in [0.29, 0.717) is 0 Å². The van der Waals surface area contributed by atoms with Crippen LogP contribution < -0.4 is 0 Å². The van der Waals surface area contributed by atoms with Gasteiger partial charge in [0.05, 0.1) is 5.02 Å². The molecule has 1 nitrogen and oxygen atoms in total. The summed E-state index contributed by atoms with van der Waals surface area (Å²) in [7, 11) is 0. The van der Waals surface area contributed by atoms with E-state index in [4.69, 9.17) is 11.6 Å². The maximum atomic E-state index is 13.0. The van der Waals surface area contributed by atoms with Crippen molar-refractivity contribution in [3.05, 3.63) is 51.7 Å². The summed E-state index contributed by atoms with van der Waals surface area (Å²) in [5, 5.41) is 9.51. The molecular weight excluding hydrogens is 294 g/mol. The van der Waals surface area contributed by atoms with Crippen LogP contribution in [0.5, 0.6) is 5.75 Å². The second-order valence-corrected chi connectivity index (χ2v) is 4.65. The minimum absolute atomic E-state index is 0.0666. The molecule has 2 aromatic carbocycles. The standard InChI is InChI=1S/C12H7BrClFO/c13-9-3-8(4-10(16)6-9)7-1-2-12(15)11(14)5-7/h1-6,16H. The highest BCUT2D eigenvalue weighted by Gasteiger charge is 2.05. The van der Waals surface area contributed by atoms with Crippen molar-refractivity contribution in [2.75, 3.05) is 0 Å². The van der Waals surface area contributed by atoms with Crippen LogP contribution in [-0.4, -0.2) is 5.11 Å². The smallest absolute Gasteiger partial charge is 0.141 e. The molecule has 0 spiro atoms. The van der Waals surface area contributed by atoms with Gasteiger partial charge in [0.15, 0.2) is 0 Å². The van der Waals surface area contributed by atoms with Crippen molar-refractivity contribution in [1.82, 2.24) is 0 Å². The number of aromatic hydroxyl groups is 1. The zero-order valence-electron chi connectivity index (χ0n) is 8.05. The Hall–Kier alpha value is -1.06. The van der Waals surface area contributed by atoms with Gasteiger partial charge in [-0.2, -0.15) is 0 Å². The normalized spacial score (nSPS) is 10.4. The molecule has 0 saturated heterocycles. The highest BCUT2D eigenvalue weighted by molar-refractivity contribution is 9.10. The second kappa shape index (κ2) is 4.44. The number of phenols is 1. The molecule has 0 amide bonds. The zero-order chi connectivity index (χ0) is 11.7. The van der Waals surface area contributed by atoms with Gasteiger partial charge in [-0.1, -0.05) is 33.6 Å². The van der Waals surface area contributed by atoms with Crippen LogP contribution >= 0.6 is 27.5 Å². The average Bonchev–Trinajstić information content (AvgIpc) is 2.20. The Bertz CT molecular complexity index is 522. The predicted octanol–water partition coefficient (Wildman–Crippen LogP) is 4.61. The fraction of sp³-hybridized carbons (Fsp3) is 0. The summed E-state index contributed by atoms with van der Waals surface area (Å²) in [6.45, 7) is 0. The molecule has 0 bridgehead atoms. The molecule has 2 rings (SSSR count). The minimum atomic E-state index is -0.454. The number of hydrogen-bond donors (Lipinski definition) is 1. The summed E-state index contributed by atoms with van der Waals surface area (Å²) in [5.74, 6) is -0.311. The average molecular weight is 302 g/mol. The van der Waals surface area contributed by atoms with Crippen molar-refractivity contribution < 1.29 is 9.50 Å². The molecule has 0 radical (unpaired) electrons. The lowest BCUT2D eigenvalue weighted by Gasteiger charge is -2.04. The topological polar surface area (TPSA) is 20.2 Å². The molecule has 0 aliphatic heterocycles. The van der Waals surface area contributed by atoms with E-state index in [1.165, 1.54) is 12.1 Å². The predicted molar refractivity (Wildman–Crippen MR) is 66.2 cm³/mol. The molecular formula is C12H7BrClFO. The van der Waals surface area contributed by atoms with Crippen LogP contribution in [-0.2, 0) is 0 Å². The zero-order valence-corrected chi connectivity index (χ0v) is 10.4. The van der Waals surface area contributed by atoms with Crippen LogP contribution in [0.4, 0.5) is 4.39 Å². The lowest BCUT2D eigenvalue weighted by molar-refractivity contribution is 0.475. The fourth-order valence-electron chi connectivity index (χ4n) is 1.42. The summed E-state index contributed by atoms with van der Waals surface area (Å²) < 4.78 is 13.7. The maximum Gasteiger partial charge on any atom is 0.141 e. The van der Waals surface area contributed by atoms with Gasteiger partial charge in [0.2, 0.25) is 0 Å². The van der Waals surface area contributed by atoms with Crippen molar-refractivity contribution in [2.24, 2.45) is 0 Å². The quantitative estimate of drug-likeness (QED) is 0.815. The van der Waals surface area contributed by atoms with Crippen molar-refractivity contribution >= 4 is 27.5 Å². The van der Waals surface area contributed by atoms with Crippen molar-refractivity contribution in [3.8, 4) is 16.9 Å². The van der Waals surface area contributed by atoms with Gasteiger partial charge in [0.25, 0.3) is 0 Å².